The number of thiophene rings is 1. The molecule has 5 heteroatoms. The fraction of sp³-hybridized carbons (Fsp3) is 0.143. The Labute approximate surface area is 83.1 Å². The van der Waals surface area contributed by atoms with Gasteiger partial charge in [-0.2, -0.15) is 0 Å². The Morgan fingerprint density at radius 2 is 2.33 bits per heavy atom. The van der Waals surface area contributed by atoms with Crippen LogP contribution in [0.25, 0.3) is 10.7 Å². The lowest BCUT2D eigenvalue weighted by Crippen LogP contribution is -1.71. The highest BCUT2D eigenvalue weighted by Crippen LogP contribution is 2.25. The second-order valence-corrected chi connectivity index (χ2v) is 5.07. The van der Waals surface area contributed by atoms with Gasteiger partial charge in [-0.1, -0.05) is 0 Å². The molecular formula is C7H6N2S3. The van der Waals surface area contributed by atoms with Crippen molar-refractivity contribution in [3.8, 4) is 10.7 Å². The monoisotopic (exact) mass is 214 g/mol. The van der Waals surface area contributed by atoms with Crippen LogP contribution in [0, 0.1) is 10.9 Å². The number of hydrogen-bond acceptors (Lipinski definition) is 4. The zero-order chi connectivity index (χ0) is 8.55. The van der Waals surface area contributed by atoms with Gasteiger partial charge in [-0.05, 0) is 42.8 Å². The molecule has 12 heavy (non-hydrogen) atoms. The summed E-state index contributed by atoms with van der Waals surface area (Å²) in [4.78, 5) is 6.62. The van der Waals surface area contributed by atoms with E-state index in [0.717, 1.165) is 10.7 Å². The first-order valence-electron chi connectivity index (χ1n) is 3.38. The normalized spacial score (nSPS) is 10.4. The SMILES string of the molecule is Cc1ccc(-c2nc(=S)s[nH]2)s1. The van der Waals surface area contributed by atoms with E-state index in [4.69, 9.17) is 12.2 Å². The highest BCUT2D eigenvalue weighted by molar-refractivity contribution is 7.73. The molecule has 0 fully saturated rings. The van der Waals surface area contributed by atoms with Gasteiger partial charge in [0.15, 0.2) is 9.78 Å². The average molecular weight is 214 g/mol. The Balaban J connectivity index is 2.50. The fourth-order valence-electron chi connectivity index (χ4n) is 0.896. The van der Waals surface area contributed by atoms with E-state index in [1.807, 2.05) is 0 Å². The molecule has 0 saturated heterocycles. The van der Waals surface area contributed by atoms with Crippen molar-refractivity contribution in [1.29, 1.82) is 0 Å². The van der Waals surface area contributed by atoms with Crippen LogP contribution in [0.15, 0.2) is 12.1 Å². The number of rotatable bonds is 1. The molecule has 1 N–H and O–H groups in total. The van der Waals surface area contributed by atoms with Crippen molar-refractivity contribution in [1.82, 2.24) is 9.36 Å². The predicted octanol–water partition coefficient (Wildman–Crippen LogP) is 3.24. The van der Waals surface area contributed by atoms with Gasteiger partial charge in [0, 0.05) is 4.88 Å². The summed E-state index contributed by atoms with van der Waals surface area (Å²) >= 11 is 8.04. The van der Waals surface area contributed by atoms with Crippen molar-refractivity contribution in [3.05, 3.63) is 21.0 Å². The molecule has 0 radical (unpaired) electrons. The van der Waals surface area contributed by atoms with E-state index in [0.29, 0.717) is 3.95 Å². The van der Waals surface area contributed by atoms with Crippen molar-refractivity contribution >= 4 is 35.1 Å². The first-order chi connectivity index (χ1) is 5.75. The summed E-state index contributed by atoms with van der Waals surface area (Å²) in [6.07, 6.45) is 0. The smallest absolute Gasteiger partial charge is 0.198 e. The highest BCUT2D eigenvalue weighted by Gasteiger charge is 2.02. The van der Waals surface area contributed by atoms with Crippen molar-refractivity contribution in [3.63, 3.8) is 0 Å². The molecule has 0 unspecified atom stereocenters. The highest BCUT2D eigenvalue weighted by atomic mass is 32.2. The molecule has 0 aromatic carbocycles. The van der Waals surface area contributed by atoms with E-state index in [2.05, 4.69) is 28.4 Å². The lowest BCUT2D eigenvalue weighted by Gasteiger charge is -1.85. The minimum atomic E-state index is 0.663. The number of aryl methyl sites for hydroxylation is 1. The third-order valence-electron chi connectivity index (χ3n) is 1.41. The Morgan fingerprint density at radius 3 is 2.83 bits per heavy atom. The number of H-pyrrole nitrogens is 1. The van der Waals surface area contributed by atoms with Gasteiger partial charge in [0.25, 0.3) is 0 Å². The number of nitrogens with zero attached hydrogens (tertiary/aromatic N) is 1. The van der Waals surface area contributed by atoms with Crippen LogP contribution in [0.4, 0.5) is 0 Å². The van der Waals surface area contributed by atoms with Crippen molar-refractivity contribution in [2.75, 3.05) is 0 Å². The molecule has 0 saturated carbocycles. The summed E-state index contributed by atoms with van der Waals surface area (Å²) in [5.74, 6) is 0.892. The number of hydrogen-bond donors (Lipinski definition) is 1. The van der Waals surface area contributed by atoms with Crippen LogP contribution < -0.4 is 0 Å². The van der Waals surface area contributed by atoms with E-state index >= 15 is 0 Å². The van der Waals surface area contributed by atoms with Gasteiger partial charge in [-0.25, -0.2) is 4.98 Å². The fourth-order valence-corrected chi connectivity index (χ4v) is 2.47. The Morgan fingerprint density at radius 1 is 1.50 bits per heavy atom. The van der Waals surface area contributed by atoms with E-state index in [1.54, 1.807) is 11.3 Å². The van der Waals surface area contributed by atoms with Crippen LogP contribution in [0.5, 0.6) is 0 Å². The molecule has 0 spiro atoms. The average Bonchev–Trinajstić information content (AvgIpc) is 2.58. The first-order valence-corrected chi connectivity index (χ1v) is 5.42. The Kier molecular flexibility index (Phi) is 2.08. The maximum absolute atomic E-state index is 4.92. The zero-order valence-electron chi connectivity index (χ0n) is 6.33. The minimum absolute atomic E-state index is 0.663. The van der Waals surface area contributed by atoms with Gasteiger partial charge < -0.3 is 0 Å². The molecule has 0 amide bonds. The molecular weight excluding hydrogens is 208 g/mol. The van der Waals surface area contributed by atoms with Crippen molar-refractivity contribution in [2.45, 2.75) is 6.92 Å². The van der Waals surface area contributed by atoms with E-state index in [1.165, 1.54) is 16.4 Å². The molecule has 0 aliphatic heterocycles. The van der Waals surface area contributed by atoms with E-state index < -0.39 is 0 Å². The third kappa shape index (κ3) is 1.48. The largest absolute Gasteiger partial charge is 0.292 e. The van der Waals surface area contributed by atoms with Gasteiger partial charge in [0.05, 0.1) is 4.88 Å². The summed E-state index contributed by atoms with van der Waals surface area (Å²) < 4.78 is 3.73. The number of nitrogens with one attached hydrogen (secondary N) is 1. The maximum Gasteiger partial charge on any atom is 0.198 e. The van der Waals surface area contributed by atoms with Crippen LogP contribution in [-0.2, 0) is 0 Å². The summed E-state index contributed by atoms with van der Waals surface area (Å²) in [6, 6.07) is 4.14. The van der Waals surface area contributed by atoms with Crippen LogP contribution in [0.3, 0.4) is 0 Å². The van der Waals surface area contributed by atoms with Crippen LogP contribution >= 0.6 is 35.1 Å². The molecule has 62 valence electrons. The molecule has 0 aliphatic rings. The Bertz CT molecular complexity index is 437. The molecule has 2 heterocycles. The number of aromatic amines is 1. The Hall–Kier alpha value is -0.520. The molecule has 2 rings (SSSR count). The van der Waals surface area contributed by atoms with Crippen LogP contribution in [0.1, 0.15) is 4.88 Å². The summed E-state index contributed by atoms with van der Waals surface area (Å²) in [7, 11) is 0. The third-order valence-corrected chi connectivity index (χ3v) is 3.32. The van der Waals surface area contributed by atoms with Crippen LogP contribution in [0.2, 0.25) is 0 Å². The van der Waals surface area contributed by atoms with Crippen LogP contribution in [-0.4, -0.2) is 9.36 Å². The van der Waals surface area contributed by atoms with Gasteiger partial charge in [-0.3, -0.25) is 4.37 Å². The summed E-state index contributed by atoms with van der Waals surface area (Å²) in [5.41, 5.74) is 0. The molecule has 2 nitrogen and oxygen atoms in total. The standard InChI is InChI=1S/C7H6N2S3/c1-4-2-3-5(11-4)6-8-7(10)12-9-6/h2-3H,1H3,(H,8,9,10). The topological polar surface area (TPSA) is 28.7 Å². The second kappa shape index (κ2) is 3.08. The van der Waals surface area contributed by atoms with E-state index in [9.17, 15) is 0 Å². The molecule has 0 aliphatic carbocycles. The van der Waals surface area contributed by atoms with Gasteiger partial charge >= 0.3 is 0 Å². The second-order valence-electron chi connectivity index (χ2n) is 2.34. The first kappa shape index (κ1) is 8.10. The van der Waals surface area contributed by atoms with Crippen molar-refractivity contribution in [2.24, 2.45) is 0 Å². The molecule has 0 atom stereocenters. The molecule has 0 bridgehead atoms. The number of aromatic nitrogens is 2. The molecule has 2 aromatic rings. The predicted molar refractivity (Wildman–Crippen MR) is 55.3 cm³/mol. The molecule has 2 aromatic heterocycles. The maximum atomic E-state index is 4.92. The van der Waals surface area contributed by atoms with E-state index in [-0.39, 0.29) is 0 Å². The van der Waals surface area contributed by atoms with Gasteiger partial charge in [0.2, 0.25) is 0 Å². The quantitative estimate of drug-likeness (QED) is 0.738. The lowest BCUT2D eigenvalue weighted by atomic mass is 10.4. The lowest BCUT2D eigenvalue weighted by molar-refractivity contribution is 1.33. The van der Waals surface area contributed by atoms with Gasteiger partial charge in [0.1, 0.15) is 0 Å². The zero-order valence-corrected chi connectivity index (χ0v) is 8.78. The summed E-state index contributed by atoms with van der Waals surface area (Å²) in [6.45, 7) is 2.08. The summed E-state index contributed by atoms with van der Waals surface area (Å²) in [5, 5.41) is 0. The van der Waals surface area contributed by atoms with Crippen molar-refractivity contribution < 1.29 is 0 Å². The van der Waals surface area contributed by atoms with Gasteiger partial charge in [-0.15, -0.1) is 11.3 Å². The minimum Gasteiger partial charge on any atom is -0.292 e.